The highest BCUT2D eigenvalue weighted by Crippen LogP contribution is 2.25. The van der Waals surface area contributed by atoms with Crippen molar-refractivity contribution in [1.82, 2.24) is 5.32 Å². The number of rotatable bonds is 8. The van der Waals surface area contributed by atoms with E-state index in [1.165, 1.54) is 7.11 Å². The summed E-state index contributed by atoms with van der Waals surface area (Å²) < 4.78 is 29.3. The van der Waals surface area contributed by atoms with E-state index in [0.29, 0.717) is 25.4 Å². The molecule has 0 saturated carbocycles. The Morgan fingerprint density at radius 2 is 2.06 bits per heavy atom. The molecule has 0 aliphatic heterocycles. The number of halogens is 1. The topological polar surface area (TPSA) is 39.7 Å². The summed E-state index contributed by atoms with van der Waals surface area (Å²) in [6.45, 7) is 1.39. The van der Waals surface area contributed by atoms with Crippen molar-refractivity contribution in [3.05, 3.63) is 29.6 Å². The van der Waals surface area contributed by atoms with Crippen LogP contribution in [0.5, 0.6) is 5.75 Å². The highest BCUT2D eigenvalue weighted by molar-refractivity contribution is 5.33. The van der Waals surface area contributed by atoms with Gasteiger partial charge >= 0.3 is 0 Å². The van der Waals surface area contributed by atoms with Crippen LogP contribution in [0.4, 0.5) is 4.39 Å². The monoisotopic (exact) mass is 257 g/mol. The largest absolute Gasteiger partial charge is 0.494 e. The van der Waals surface area contributed by atoms with Crippen LogP contribution >= 0.6 is 0 Å². The third kappa shape index (κ3) is 3.94. The van der Waals surface area contributed by atoms with Gasteiger partial charge in [-0.1, -0.05) is 12.1 Å². The van der Waals surface area contributed by atoms with E-state index in [1.54, 1.807) is 32.4 Å². The van der Waals surface area contributed by atoms with Crippen molar-refractivity contribution in [3.8, 4) is 5.75 Å². The molecular formula is C13H20FNO3. The molecule has 1 atom stereocenters. The van der Waals surface area contributed by atoms with Gasteiger partial charge in [0.25, 0.3) is 0 Å². The lowest BCUT2D eigenvalue weighted by Gasteiger charge is -2.18. The van der Waals surface area contributed by atoms with Crippen LogP contribution in [0.3, 0.4) is 0 Å². The zero-order valence-corrected chi connectivity index (χ0v) is 11.0. The Morgan fingerprint density at radius 1 is 1.28 bits per heavy atom. The lowest BCUT2D eigenvalue weighted by Crippen LogP contribution is -2.23. The summed E-state index contributed by atoms with van der Waals surface area (Å²) in [6.07, 6.45) is 0. The maximum absolute atomic E-state index is 14.0. The SMILES string of the molecule is CNC(COCCOC)c1cccc(OC)c1F. The highest BCUT2D eigenvalue weighted by Gasteiger charge is 2.17. The van der Waals surface area contributed by atoms with Crippen LogP contribution in [0, 0.1) is 5.82 Å². The fourth-order valence-corrected chi connectivity index (χ4v) is 1.63. The summed E-state index contributed by atoms with van der Waals surface area (Å²) in [5.41, 5.74) is 0.536. The van der Waals surface area contributed by atoms with Gasteiger partial charge in [0.1, 0.15) is 0 Å². The van der Waals surface area contributed by atoms with Crippen LogP contribution in [0.15, 0.2) is 18.2 Å². The van der Waals surface area contributed by atoms with Crippen molar-refractivity contribution < 1.29 is 18.6 Å². The number of ether oxygens (including phenoxy) is 3. The van der Waals surface area contributed by atoms with Crippen molar-refractivity contribution in [2.24, 2.45) is 0 Å². The van der Waals surface area contributed by atoms with E-state index in [0.717, 1.165) is 0 Å². The van der Waals surface area contributed by atoms with Crippen LogP contribution in [0.2, 0.25) is 0 Å². The lowest BCUT2D eigenvalue weighted by atomic mass is 10.1. The Morgan fingerprint density at radius 3 is 2.67 bits per heavy atom. The van der Waals surface area contributed by atoms with Gasteiger partial charge in [-0.25, -0.2) is 4.39 Å². The van der Waals surface area contributed by atoms with Crippen molar-refractivity contribution in [2.75, 3.05) is 41.1 Å². The number of benzene rings is 1. The second-order valence-electron chi connectivity index (χ2n) is 3.77. The first-order chi connectivity index (χ1) is 8.74. The summed E-state index contributed by atoms with van der Waals surface area (Å²) >= 11 is 0. The number of methoxy groups -OCH3 is 2. The molecule has 1 N–H and O–H groups in total. The van der Waals surface area contributed by atoms with Gasteiger partial charge in [0.05, 0.1) is 33.0 Å². The third-order valence-electron chi connectivity index (χ3n) is 2.65. The molecule has 0 amide bonds. The summed E-state index contributed by atoms with van der Waals surface area (Å²) in [4.78, 5) is 0. The first kappa shape index (κ1) is 14.9. The molecular weight excluding hydrogens is 237 g/mol. The van der Waals surface area contributed by atoms with Gasteiger partial charge in [0.15, 0.2) is 11.6 Å². The molecule has 0 aromatic heterocycles. The summed E-state index contributed by atoms with van der Waals surface area (Å²) in [6, 6.07) is 4.87. The average Bonchev–Trinajstić information content (AvgIpc) is 2.40. The van der Waals surface area contributed by atoms with Gasteiger partial charge < -0.3 is 19.5 Å². The molecule has 1 rings (SSSR count). The maximum atomic E-state index is 14.0. The van der Waals surface area contributed by atoms with E-state index in [-0.39, 0.29) is 17.6 Å². The Kier molecular flexibility index (Phi) is 6.64. The van der Waals surface area contributed by atoms with Crippen LogP contribution in [-0.4, -0.2) is 41.1 Å². The minimum Gasteiger partial charge on any atom is -0.494 e. The molecule has 102 valence electrons. The molecule has 5 heteroatoms. The zero-order chi connectivity index (χ0) is 13.4. The number of hydrogen-bond donors (Lipinski definition) is 1. The molecule has 0 saturated heterocycles. The molecule has 1 aromatic rings. The lowest BCUT2D eigenvalue weighted by molar-refractivity contribution is 0.0591. The standard InChI is InChI=1S/C13H20FNO3/c1-15-11(9-18-8-7-16-2)10-5-4-6-12(17-3)13(10)14/h4-6,11,15H,7-9H2,1-3H3. The number of likely N-dealkylation sites (N-methyl/N-ethyl adjacent to an activating group) is 1. The molecule has 18 heavy (non-hydrogen) atoms. The fraction of sp³-hybridized carbons (Fsp3) is 0.538. The van der Waals surface area contributed by atoms with Crippen LogP contribution < -0.4 is 10.1 Å². The summed E-state index contributed by atoms with van der Waals surface area (Å²) in [5.74, 6) is -0.112. The van der Waals surface area contributed by atoms with Crippen molar-refractivity contribution in [2.45, 2.75) is 6.04 Å². The highest BCUT2D eigenvalue weighted by atomic mass is 19.1. The second kappa shape index (κ2) is 8.02. The molecule has 1 aromatic carbocycles. The number of hydrogen-bond acceptors (Lipinski definition) is 4. The Bertz CT molecular complexity index is 360. The molecule has 0 aliphatic rings. The van der Waals surface area contributed by atoms with Gasteiger partial charge in [-0.2, -0.15) is 0 Å². The Hall–Kier alpha value is -1.17. The Balaban J connectivity index is 2.69. The van der Waals surface area contributed by atoms with E-state index in [1.807, 2.05) is 0 Å². The Labute approximate surface area is 107 Å². The van der Waals surface area contributed by atoms with Gasteiger partial charge in [-0.3, -0.25) is 0 Å². The zero-order valence-electron chi connectivity index (χ0n) is 11.0. The van der Waals surface area contributed by atoms with Gasteiger partial charge in [-0.05, 0) is 13.1 Å². The molecule has 0 radical (unpaired) electrons. The third-order valence-corrected chi connectivity index (χ3v) is 2.65. The molecule has 4 nitrogen and oxygen atoms in total. The predicted molar refractivity (Wildman–Crippen MR) is 67.4 cm³/mol. The van der Waals surface area contributed by atoms with Crippen LogP contribution in [0.25, 0.3) is 0 Å². The smallest absolute Gasteiger partial charge is 0.169 e. The van der Waals surface area contributed by atoms with Crippen molar-refractivity contribution >= 4 is 0 Å². The quantitative estimate of drug-likeness (QED) is 0.720. The van der Waals surface area contributed by atoms with E-state index in [9.17, 15) is 4.39 Å². The van der Waals surface area contributed by atoms with E-state index >= 15 is 0 Å². The molecule has 0 spiro atoms. The molecule has 0 bridgehead atoms. The summed E-state index contributed by atoms with van der Waals surface area (Å²) in [5, 5.41) is 3.03. The first-order valence-electron chi connectivity index (χ1n) is 5.81. The number of nitrogens with one attached hydrogen (secondary N) is 1. The summed E-state index contributed by atoms with van der Waals surface area (Å²) in [7, 11) is 4.83. The fourth-order valence-electron chi connectivity index (χ4n) is 1.63. The van der Waals surface area contributed by atoms with Crippen LogP contribution in [-0.2, 0) is 9.47 Å². The minimum absolute atomic E-state index is 0.211. The van der Waals surface area contributed by atoms with Crippen LogP contribution in [0.1, 0.15) is 11.6 Å². The molecule has 0 fully saturated rings. The van der Waals surface area contributed by atoms with Crippen molar-refractivity contribution in [3.63, 3.8) is 0 Å². The average molecular weight is 257 g/mol. The van der Waals surface area contributed by atoms with E-state index < -0.39 is 0 Å². The van der Waals surface area contributed by atoms with Gasteiger partial charge in [0.2, 0.25) is 0 Å². The predicted octanol–water partition coefficient (Wildman–Crippen LogP) is 1.76. The molecule has 1 unspecified atom stereocenters. The van der Waals surface area contributed by atoms with E-state index in [2.05, 4.69) is 5.32 Å². The van der Waals surface area contributed by atoms with Gasteiger partial charge in [-0.15, -0.1) is 0 Å². The van der Waals surface area contributed by atoms with E-state index in [4.69, 9.17) is 14.2 Å². The van der Waals surface area contributed by atoms with Crippen molar-refractivity contribution in [1.29, 1.82) is 0 Å². The molecule has 0 heterocycles. The van der Waals surface area contributed by atoms with Gasteiger partial charge in [0, 0.05) is 12.7 Å². The molecule has 0 aliphatic carbocycles. The normalized spacial score (nSPS) is 12.4. The first-order valence-corrected chi connectivity index (χ1v) is 5.81. The minimum atomic E-state index is -0.352. The maximum Gasteiger partial charge on any atom is 0.169 e. The second-order valence-corrected chi connectivity index (χ2v) is 3.77.